The van der Waals surface area contributed by atoms with Crippen molar-refractivity contribution in [2.75, 3.05) is 33.8 Å². The van der Waals surface area contributed by atoms with Crippen molar-refractivity contribution < 1.29 is 9.53 Å². The summed E-state index contributed by atoms with van der Waals surface area (Å²) in [4.78, 5) is 14.8. The molecule has 1 N–H and O–H groups in total. The number of piperidine rings is 1. The van der Waals surface area contributed by atoms with Crippen LogP contribution in [0.5, 0.6) is 5.75 Å². The highest BCUT2D eigenvalue weighted by Crippen LogP contribution is 2.23. The van der Waals surface area contributed by atoms with Gasteiger partial charge in [-0.3, -0.25) is 4.79 Å². The highest BCUT2D eigenvalue weighted by Gasteiger charge is 2.20. The van der Waals surface area contributed by atoms with Gasteiger partial charge in [-0.1, -0.05) is 0 Å². The lowest BCUT2D eigenvalue weighted by molar-refractivity contribution is 0.0767. The molecule has 5 heteroatoms. The minimum absolute atomic E-state index is 0.0989. The van der Waals surface area contributed by atoms with Crippen LogP contribution in [0, 0.1) is 5.92 Å². The van der Waals surface area contributed by atoms with Crippen LogP contribution in [0.1, 0.15) is 22.5 Å². The van der Waals surface area contributed by atoms with Gasteiger partial charge in [-0.05, 0) is 31.8 Å². The molecule has 100 valence electrons. The number of carbonyl (C=O) groups excluding carboxylic acids is 1. The van der Waals surface area contributed by atoms with E-state index >= 15 is 0 Å². The van der Waals surface area contributed by atoms with Gasteiger partial charge in [0.2, 0.25) is 0 Å². The number of ether oxygens (including phenoxy) is 1. The molecule has 0 saturated carbocycles. The Bertz CT molecular complexity index is 399. The Kier molecular flexibility index (Phi) is 4.60. The van der Waals surface area contributed by atoms with Crippen LogP contribution < -0.4 is 10.1 Å². The molecule has 1 aromatic heterocycles. The zero-order chi connectivity index (χ0) is 13.0. The molecular formula is C13H20N2O2S. The topological polar surface area (TPSA) is 41.6 Å². The fraction of sp³-hybridized carbons (Fsp3) is 0.615. The van der Waals surface area contributed by atoms with Crippen LogP contribution in [0.15, 0.2) is 11.4 Å². The minimum atomic E-state index is 0.0989. The van der Waals surface area contributed by atoms with Gasteiger partial charge in [0.25, 0.3) is 5.91 Å². The number of amides is 1. The number of hydrogen-bond acceptors (Lipinski definition) is 4. The summed E-state index contributed by atoms with van der Waals surface area (Å²) in [7, 11) is 3.51. The zero-order valence-electron chi connectivity index (χ0n) is 10.9. The van der Waals surface area contributed by atoms with Crippen molar-refractivity contribution in [3.63, 3.8) is 0 Å². The van der Waals surface area contributed by atoms with Gasteiger partial charge in [0.05, 0.1) is 12.0 Å². The van der Waals surface area contributed by atoms with Crippen molar-refractivity contribution >= 4 is 17.2 Å². The van der Waals surface area contributed by atoms with Crippen LogP contribution in [0.3, 0.4) is 0 Å². The Morgan fingerprint density at radius 3 is 2.89 bits per heavy atom. The lowest BCUT2D eigenvalue weighted by Gasteiger charge is -2.27. The summed E-state index contributed by atoms with van der Waals surface area (Å²) in [6, 6.07) is 1.81. The van der Waals surface area contributed by atoms with E-state index < -0.39 is 0 Å². The van der Waals surface area contributed by atoms with Gasteiger partial charge in [0, 0.05) is 25.0 Å². The molecule has 0 atom stereocenters. The lowest BCUT2D eigenvalue weighted by atomic mass is 9.98. The normalized spacial score (nSPS) is 16.6. The summed E-state index contributed by atoms with van der Waals surface area (Å²) in [5.74, 6) is 1.49. The van der Waals surface area contributed by atoms with Gasteiger partial charge >= 0.3 is 0 Å². The quantitative estimate of drug-likeness (QED) is 0.906. The van der Waals surface area contributed by atoms with E-state index in [0.29, 0.717) is 5.92 Å². The van der Waals surface area contributed by atoms with Gasteiger partial charge in [-0.15, -0.1) is 11.3 Å². The number of hydrogen-bond donors (Lipinski definition) is 1. The average molecular weight is 268 g/mol. The van der Waals surface area contributed by atoms with Gasteiger partial charge in [-0.25, -0.2) is 0 Å². The van der Waals surface area contributed by atoms with Crippen molar-refractivity contribution in [3.05, 3.63) is 16.3 Å². The van der Waals surface area contributed by atoms with Crippen molar-refractivity contribution in [2.45, 2.75) is 12.8 Å². The fourth-order valence-corrected chi connectivity index (χ4v) is 3.11. The predicted molar refractivity (Wildman–Crippen MR) is 73.4 cm³/mol. The molecule has 1 amide bonds. The molecule has 0 spiro atoms. The van der Waals surface area contributed by atoms with Crippen molar-refractivity contribution in [1.29, 1.82) is 0 Å². The summed E-state index contributed by atoms with van der Waals surface area (Å²) in [5.41, 5.74) is 0. The minimum Gasteiger partial charge on any atom is -0.496 e. The van der Waals surface area contributed by atoms with Crippen LogP contribution in [-0.4, -0.2) is 44.6 Å². The van der Waals surface area contributed by atoms with E-state index in [9.17, 15) is 4.79 Å². The van der Waals surface area contributed by atoms with E-state index in [0.717, 1.165) is 43.1 Å². The molecule has 1 aliphatic heterocycles. The molecule has 2 heterocycles. The molecule has 0 aromatic carbocycles. The Balaban J connectivity index is 1.91. The molecule has 0 aliphatic carbocycles. The fourth-order valence-electron chi connectivity index (χ4n) is 2.26. The SMILES string of the molecule is COc1csc(C(=O)N(C)CC2CCNCC2)c1. The lowest BCUT2D eigenvalue weighted by Crippen LogP contribution is -2.36. The molecule has 2 rings (SSSR count). The molecule has 1 saturated heterocycles. The van der Waals surface area contributed by atoms with Gasteiger partial charge in [0.1, 0.15) is 5.75 Å². The molecule has 0 bridgehead atoms. The van der Waals surface area contributed by atoms with Crippen molar-refractivity contribution in [1.82, 2.24) is 10.2 Å². The monoisotopic (exact) mass is 268 g/mol. The second kappa shape index (κ2) is 6.20. The molecular weight excluding hydrogens is 248 g/mol. The van der Waals surface area contributed by atoms with E-state index in [1.807, 2.05) is 23.4 Å². The first-order valence-corrected chi connectivity index (χ1v) is 7.17. The van der Waals surface area contributed by atoms with Gasteiger partial charge < -0.3 is 15.0 Å². The zero-order valence-corrected chi connectivity index (χ0v) is 11.8. The maximum absolute atomic E-state index is 12.2. The van der Waals surface area contributed by atoms with E-state index in [1.54, 1.807) is 7.11 Å². The van der Waals surface area contributed by atoms with E-state index in [2.05, 4.69) is 5.32 Å². The Morgan fingerprint density at radius 2 is 2.28 bits per heavy atom. The third-order valence-corrected chi connectivity index (χ3v) is 4.26. The number of carbonyl (C=O) groups is 1. The second-order valence-electron chi connectivity index (χ2n) is 4.73. The molecule has 1 aliphatic rings. The summed E-state index contributed by atoms with van der Waals surface area (Å²) in [6.07, 6.45) is 2.32. The van der Waals surface area contributed by atoms with Crippen molar-refractivity contribution in [3.8, 4) is 5.75 Å². The molecule has 18 heavy (non-hydrogen) atoms. The molecule has 1 fully saturated rings. The van der Waals surface area contributed by atoms with Crippen molar-refractivity contribution in [2.24, 2.45) is 5.92 Å². The van der Waals surface area contributed by atoms with Crippen LogP contribution in [0.4, 0.5) is 0 Å². The first-order chi connectivity index (χ1) is 8.70. The summed E-state index contributed by atoms with van der Waals surface area (Å²) >= 11 is 1.44. The molecule has 0 unspecified atom stereocenters. The van der Waals surface area contributed by atoms with E-state index in [4.69, 9.17) is 4.74 Å². The van der Waals surface area contributed by atoms with Gasteiger partial charge in [-0.2, -0.15) is 0 Å². The maximum Gasteiger partial charge on any atom is 0.263 e. The number of rotatable bonds is 4. The molecule has 0 radical (unpaired) electrons. The average Bonchev–Trinajstić information content (AvgIpc) is 2.87. The highest BCUT2D eigenvalue weighted by atomic mass is 32.1. The van der Waals surface area contributed by atoms with Crippen LogP contribution in [-0.2, 0) is 0 Å². The number of thiophene rings is 1. The molecule has 4 nitrogen and oxygen atoms in total. The number of nitrogens with zero attached hydrogens (tertiary/aromatic N) is 1. The van der Waals surface area contributed by atoms with Crippen LogP contribution >= 0.6 is 11.3 Å². The summed E-state index contributed by atoms with van der Waals surface area (Å²) in [5, 5.41) is 5.21. The summed E-state index contributed by atoms with van der Waals surface area (Å²) in [6.45, 7) is 2.99. The molecule has 1 aromatic rings. The van der Waals surface area contributed by atoms with Crippen LogP contribution in [0.2, 0.25) is 0 Å². The first kappa shape index (κ1) is 13.4. The third kappa shape index (κ3) is 3.23. The predicted octanol–water partition coefficient (Wildman–Crippen LogP) is 1.83. The second-order valence-corrected chi connectivity index (χ2v) is 5.64. The van der Waals surface area contributed by atoms with Gasteiger partial charge in [0.15, 0.2) is 0 Å². The maximum atomic E-state index is 12.2. The summed E-state index contributed by atoms with van der Waals surface area (Å²) < 4.78 is 5.11. The Morgan fingerprint density at radius 1 is 1.56 bits per heavy atom. The van der Waals surface area contributed by atoms with E-state index in [-0.39, 0.29) is 5.91 Å². The largest absolute Gasteiger partial charge is 0.496 e. The number of methoxy groups -OCH3 is 1. The first-order valence-electron chi connectivity index (χ1n) is 6.29. The van der Waals surface area contributed by atoms with Crippen LogP contribution in [0.25, 0.3) is 0 Å². The van der Waals surface area contributed by atoms with E-state index in [1.165, 1.54) is 11.3 Å². The highest BCUT2D eigenvalue weighted by molar-refractivity contribution is 7.12. The third-order valence-electron chi connectivity index (χ3n) is 3.36. The Hall–Kier alpha value is -1.07. The Labute approximate surface area is 112 Å². The smallest absolute Gasteiger partial charge is 0.263 e. The number of nitrogens with one attached hydrogen (secondary N) is 1. The standard InChI is InChI=1S/C13H20N2O2S/c1-15(8-10-3-5-14-6-4-10)13(16)12-7-11(17-2)9-18-12/h7,9-10,14H,3-6,8H2,1-2H3.